The number of carboxylic acids is 1. The number of para-hydroxylation sites is 1. The van der Waals surface area contributed by atoms with Crippen LogP contribution < -0.4 is 10.1 Å². The predicted octanol–water partition coefficient (Wildman–Crippen LogP) is 2.32. The first kappa shape index (κ1) is 19.1. The Hall–Kier alpha value is -2.22. The highest BCUT2D eigenvalue weighted by Crippen LogP contribution is 2.36. The van der Waals surface area contributed by atoms with Gasteiger partial charge in [0, 0.05) is 13.2 Å². The Morgan fingerprint density at radius 2 is 1.96 bits per heavy atom. The molecular weight excluding hydrogens is 336 g/mol. The molecule has 8 heteroatoms. The number of benzene rings is 1. The molecule has 1 aromatic rings. The van der Waals surface area contributed by atoms with E-state index in [1.165, 1.54) is 18.2 Å². The summed E-state index contributed by atoms with van der Waals surface area (Å²) in [6, 6.07) is 5.41. The standard InChI is InChI=1S/C17H21F2NO5/c1-2-25-13-6-4-3-5-12(13)17(18,19)15(23)20-16(11-14(21)22)7-9-24-10-8-16/h3-6H,2,7-11H2,1H3,(H,20,23)(H,21,22). The van der Waals surface area contributed by atoms with Crippen molar-refractivity contribution in [1.29, 1.82) is 0 Å². The Morgan fingerprint density at radius 3 is 2.56 bits per heavy atom. The van der Waals surface area contributed by atoms with Gasteiger partial charge in [-0.1, -0.05) is 12.1 Å². The first-order valence-electron chi connectivity index (χ1n) is 8.03. The second-order valence-electron chi connectivity index (χ2n) is 5.92. The first-order valence-corrected chi connectivity index (χ1v) is 8.03. The molecule has 0 spiro atoms. The zero-order valence-electron chi connectivity index (χ0n) is 13.9. The average molecular weight is 357 g/mol. The van der Waals surface area contributed by atoms with Crippen molar-refractivity contribution in [3.63, 3.8) is 0 Å². The molecule has 1 saturated heterocycles. The molecule has 0 atom stereocenters. The third-order valence-corrected chi connectivity index (χ3v) is 4.13. The third kappa shape index (κ3) is 4.45. The number of carboxylic acid groups (broad SMARTS) is 1. The van der Waals surface area contributed by atoms with Crippen LogP contribution in [0.5, 0.6) is 5.75 Å². The molecule has 1 heterocycles. The van der Waals surface area contributed by atoms with Crippen molar-refractivity contribution in [2.24, 2.45) is 0 Å². The van der Waals surface area contributed by atoms with E-state index >= 15 is 0 Å². The molecule has 2 N–H and O–H groups in total. The summed E-state index contributed by atoms with van der Waals surface area (Å²) >= 11 is 0. The van der Waals surface area contributed by atoms with Gasteiger partial charge in [0.1, 0.15) is 5.75 Å². The summed E-state index contributed by atoms with van der Waals surface area (Å²) in [7, 11) is 0. The van der Waals surface area contributed by atoms with Gasteiger partial charge < -0.3 is 19.9 Å². The van der Waals surface area contributed by atoms with E-state index < -0.39 is 35.3 Å². The number of ether oxygens (including phenoxy) is 2. The minimum Gasteiger partial charge on any atom is -0.493 e. The molecule has 0 radical (unpaired) electrons. The van der Waals surface area contributed by atoms with Gasteiger partial charge in [-0.2, -0.15) is 8.78 Å². The largest absolute Gasteiger partial charge is 0.493 e. The van der Waals surface area contributed by atoms with Gasteiger partial charge in [0.05, 0.1) is 24.1 Å². The number of carbonyl (C=O) groups is 2. The Balaban J connectivity index is 2.26. The van der Waals surface area contributed by atoms with Gasteiger partial charge in [0.15, 0.2) is 0 Å². The maximum absolute atomic E-state index is 14.7. The average Bonchev–Trinajstić information content (AvgIpc) is 2.55. The Kier molecular flexibility index (Phi) is 5.94. The third-order valence-electron chi connectivity index (χ3n) is 4.13. The highest BCUT2D eigenvalue weighted by Gasteiger charge is 2.47. The molecule has 0 unspecified atom stereocenters. The van der Waals surface area contributed by atoms with E-state index in [0.717, 1.165) is 6.07 Å². The van der Waals surface area contributed by atoms with E-state index in [-0.39, 0.29) is 38.4 Å². The SMILES string of the molecule is CCOc1ccccc1C(F)(F)C(=O)NC1(CC(=O)O)CCOCC1. The van der Waals surface area contributed by atoms with E-state index in [9.17, 15) is 18.4 Å². The first-order chi connectivity index (χ1) is 11.8. The Bertz CT molecular complexity index is 629. The maximum atomic E-state index is 14.7. The van der Waals surface area contributed by atoms with E-state index in [0.29, 0.717) is 0 Å². The maximum Gasteiger partial charge on any atom is 0.353 e. The second kappa shape index (κ2) is 7.77. The molecule has 0 bridgehead atoms. The lowest BCUT2D eigenvalue weighted by molar-refractivity contribution is -0.152. The molecule has 138 valence electrons. The summed E-state index contributed by atoms with van der Waals surface area (Å²) in [4.78, 5) is 23.4. The monoisotopic (exact) mass is 357 g/mol. The summed E-state index contributed by atoms with van der Waals surface area (Å²) < 4.78 is 39.8. The predicted molar refractivity (Wildman–Crippen MR) is 84.7 cm³/mol. The summed E-state index contributed by atoms with van der Waals surface area (Å²) in [5.74, 6) is -6.64. The molecule has 0 aliphatic carbocycles. The summed E-state index contributed by atoms with van der Waals surface area (Å²) in [5.41, 5.74) is -1.79. The number of rotatable bonds is 7. The summed E-state index contributed by atoms with van der Waals surface area (Å²) in [5, 5.41) is 11.3. The van der Waals surface area contributed by atoms with Crippen molar-refractivity contribution >= 4 is 11.9 Å². The van der Waals surface area contributed by atoms with Crippen LogP contribution in [0, 0.1) is 0 Å². The van der Waals surface area contributed by atoms with E-state index in [1.807, 2.05) is 0 Å². The molecular formula is C17H21F2NO5. The topological polar surface area (TPSA) is 84.9 Å². The van der Waals surface area contributed by atoms with Crippen molar-refractivity contribution in [1.82, 2.24) is 5.32 Å². The van der Waals surface area contributed by atoms with E-state index in [1.54, 1.807) is 6.92 Å². The van der Waals surface area contributed by atoms with Crippen LogP contribution in [0.2, 0.25) is 0 Å². The van der Waals surface area contributed by atoms with Gasteiger partial charge in [-0.25, -0.2) is 0 Å². The number of amides is 1. The van der Waals surface area contributed by atoms with Crippen molar-refractivity contribution in [3.05, 3.63) is 29.8 Å². The lowest BCUT2D eigenvalue weighted by Crippen LogP contribution is -2.56. The number of hydrogen-bond acceptors (Lipinski definition) is 4. The smallest absolute Gasteiger partial charge is 0.353 e. The molecule has 1 amide bonds. The number of alkyl halides is 2. The Morgan fingerprint density at radius 1 is 1.32 bits per heavy atom. The van der Waals surface area contributed by atoms with E-state index in [4.69, 9.17) is 14.6 Å². The fraction of sp³-hybridized carbons (Fsp3) is 0.529. The van der Waals surface area contributed by atoms with Crippen LogP contribution in [0.15, 0.2) is 24.3 Å². The summed E-state index contributed by atoms with van der Waals surface area (Å²) in [6.07, 6.45) is -0.117. The van der Waals surface area contributed by atoms with Gasteiger partial charge in [0.2, 0.25) is 0 Å². The molecule has 25 heavy (non-hydrogen) atoms. The quantitative estimate of drug-likeness (QED) is 0.782. The van der Waals surface area contributed by atoms with Gasteiger partial charge in [-0.05, 0) is 31.9 Å². The van der Waals surface area contributed by atoms with Crippen LogP contribution in [-0.2, 0) is 20.2 Å². The number of nitrogens with one attached hydrogen (secondary N) is 1. The molecule has 1 aromatic carbocycles. The van der Waals surface area contributed by atoms with Crippen LogP contribution in [0.1, 0.15) is 31.7 Å². The highest BCUT2D eigenvalue weighted by molar-refractivity contribution is 5.86. The van der Waals surface area contributed by atoms with Crippen molar-refractivity contribution in [2.75, 3.05) is 19.8 Å². The van der Waals surface area contributed by atoms with Crippen molar-refractivity contribution in [2.45, 2.75) is 37.6 Å². The fourth-order valence-electron chi connectivity index (χ4n) is 2.85. The highest BCUT2D eigenvalue weighted by atomic mass is 19.3. The molecule has 6 nitrogen and oxygen atoms in total. The molecule has 1 aliphatic rings. The van der Waals surface area contributed by atoms with Gasteiger partial charge in [0.25, 0.3) is 5.91 Å². The van der Waals surface area contributed by atoms with Crippen LogP contribution in [0.4, 0.5) is 8.78 Å². The number of hydrogen-bond donors (Lipinski definition) is 2. The number of aliphatic carboxylic acids is 1. The van der Waals surface area contributed by atoms with Crippen LogP contribution in [0.25, 0.3) is 0 Å². The van der Waals surface area contributed by atoms with E-state index in [2.05, 4.69) is 5.32 Å². The Labute approximate surface area is 144 Å². The van der Waals surface area contributed by atoms with Crippen LogP contribution in [-0.4, -0.2) is 42.3 Å². The zero-order chi connectivity index (χ0) is 18.5. The van der Waals surface area contributed by atoms with Crippen molar-refractivity contribution in [3.8, 4) is 5.75 Å². The minimum absolute atomic E-state index is 0.0792. The lowest BCUT2D eigenvalue weighted by atomic mass is 9.86. The van der Waals surface area contributed by atoms with Gasteiger partial charge in [-0.15, -0.1) is 0 Å². The molecule has 1 aliphatic heterocycles. The normalized spacial score (nSPS) is 16.9. The number of carbonyl (C=O) groups excluding carboxylic acids is 1. The molecule has 0 aromatic heterocycles. The van der Waals surface area contributed by atoms with Crippen LogP contribution >= 0.6 is 0 Å². The summed E-state index contributed by atoms with van der Waals surface area (Å²) in [6.45, 7) is 2.23. The second-order valence-corrected chi connectivity index (χ2v) is 5.92. The number of halogens is 2. The molecule has 2 rings (SSSR count). The van der Waals surface area contributed by atoms with Gasteiger partial charge >= 0.3 is 11.9 Å². The zero-order valence-corrected chi connectivity index (χ0v) is 13.9. The van der Waals surface area contributed by atoms with Gasteiger partial charge in [-0.3, -0.25) is 9.59 Å². The fourth-order valence-corrected chi connectivity index (χ4v) is 2.85. The lowest BCUT2D eigenvalue weighted by Gasteiger charge is -2.37. The minimum atomic E-state index is -3.85. The molecule has 1 fully saturated rings. The van der Waals surface area contributed by atoms with Crippen LogP contribution in [0.3, 0.4) is 0 Å². The molecule has 0 saturated carbocycles. The van der Waals surface area contributed by atoms with Crippen molar-refractivity contribution < 1.29 is 33.0 Å².